The van der Waals surface area contributed by atoms with Crippen molar-refractivity contribution in [2.75, 3.05) is 19.4 Å². The summed E-state index contributed by atoms with van der Waals surface area (Å²) in [5, 5.41) is 0. The van der Waals surface area contributed by atoms with E-state index in [0.717, 1.165) is 6.42 Å². The SMILES string of the molecule is COC(=O)C1CCCN1C(=O)c1ncccc1N. The van der Waals surface area contributed by atoms with Gasteiger partial charge in [-0.25, -0.2) is 9.78 Å². The second-order valence-corrected chi connectivity index (χ2v) is 4.12. The van der Waals surface area contributed by atoms with E-state index in [1.54, 1.807) is 12.1 Å². The number of hydrogen-bond donors (Lipinski definition) is 1. The van der Waals surface area contributed by atoms with E-state index in [9.17, 15) is 9.59 Å². The maximum atomic E-state index is 12.3. The summed E-state index contributed by atoms with van der Waals surface area (Å²) < 4.78 is 4.70. The fourth-order valence-electron chi connectivity index (χ4n) is 2.12. The lowest BCUT2D eigenvalue weighted by molar-refractivity contribution is -0.145. The molecule has 0 bridgehead atoms. The van der Waals surface area contributed by atoms with Gasteiger partial charge >= 0.3 is 5.97 Å². The number of methoxy groups -OCH3 is 1. The first-order chi connectivity index (χ1) is 8.65. The van der Waals surface area contributed by atoms with Gasteiger partial charge in [0.05, 0.1) is 12.8 Å². The van der Waals surface area contributed by atoms with Crippen LogP contribution in [-0.2, 0) is 9.53 Å². The number of aromatic nitrogens is 1. The first-order valence-electron chi connectivity index (χ1n) is 5.74. The van der Waals surface area contributed by atoms with E-state index in [1.807, 2.05) is 0 Å². The molecule has 2 rings (SSSR count). The number of ether oxygens (including phenoxy) is 1. The molecule has 2 heterocycles. The van der Waals surface area contributed by atoms with Crippen LogP contribution in [0.1, 0.15) is 23.3 Å². The van der Waals surface area contributed by atoms with Gasteiger partial charge in [0.15, 0.2) is 5.69 Å². The summed E-state index contributed by atoms with van der Waals surface area (Å²) in [5.41, 5.74) is 6.22. The molecule has 18 heavy (non-hydrogen) atoms. The van der Waals surface area contributed by atoms with E-state index in [0.29, 0.717) is 18.7 Å². The molecule has 2 N–H and O–H groups in total. The second kappa shape index (κ2) is 5.03. The minimum Gasteiger partial charge on any atom is -0.467 e. The number of nitrogen functional groups attached to an aromatic ring is 1. The molecule has 1 aliphatic heterocycles. The van der Waals surface area contributed by atoms with Crippen molar-refractivity contribution >= 4 is 17.6 Å². The van der Waals surface area contributed by atoms with Gasteiger partial charge in [-0.1, -0.05) is 0 Å². The minimum absolute atomic E-state index is 0.188. The van der Waals surface area contributed by atoms with Crippen molar-refractivity contribution in [2.45, 2.75) is 18.9 Å². The van der Waals surface area contributed by atoms with Crippen LogP contribution < -0.4 is 5.73 Å². The van der Waals surface area contributed by atoms with Gasteiger partial charge < -0.3 is 15.4 Å². The van der Waals surface area contributed by atoms with Crippen LogP contribution in [0.4, 0.5) is 5.69 Å². The average Bonchev–Trinajstić information content (AvgIpc) is 2.86. The number of likely N-dealkylation sites (tertiary alicyclic amines) is 1. The molecule has 1 saturated heterocycles. The van der Waals surface area contributed by atoms with E-state index in [2.05, 4.69) is 4.98 Å². The molecule has 1 unspecified atom stereocenters. The largest absolute Gasteiger partial charge is 0.467 e. The highest BCUT2D eigenvalue weighted by Gasteiger charge is 2.36. The molecule has 6 nitrogen and oxygen atoms in total. The maximum absolute atomic E-state index is 12.3. The van der Waals surface area contributed by atoms with E-state index in [4.69, 9.17) is 10.5 Å². The highest BCUT2D eigenvalue weighted by molar-refractivity contribution is 5.99. The Balaban J connectivity index is 2.23. The summed E-state index contributed by atoms with van der Waals surface area (Å²) in [5.74, 6) is -0.712. The molecule has 6 heteroatoms. The Morgan fingerprint density at radius 1 is 1.56 bits per heavy atom. The van der Waals surface area contributed by atoms with Gasteiger partial charge in [-0.15, -0.1) is 0 Å². The van der Waals surface area contributed by atoms with Gasteiger partial charge in [-0.2, -0.15) is 0 Å². The highest BCUT2D eigenvalue weighted by atomic mass is 16.5. The number of hydrogen-bond acceptors (Lipinski definition) is 5. The molecule has 96 valence electrons. The average molecular weight is 249 g/mol. The lowest BCUT2D eigenvalue weighted by Crippen LogP contribution is -2.41. The molecule has 1 amide bonds. The standard InChI is InChI=1S/C12H15N3O3/c1-18-12(17)9-5-3-7-15(9)11(16)10-8(13)4-2-6-14-10/h2,4,6,9H,3,5,7,13H2,1H3. The van der Waals surface area contributed by atoms with Crippen molar-refractivity contribution in [1.82, 2.24) is 9.88 Å². The molecule has 0 spiro atoms. The van der Waals surface area contributed by atoms with Gasteiger partial charge in [0.25, 0.3) is 5.91 Å². The number of esters is 1. The third-order valence-electron chi connectivity index (χ3n) is 3.03. The molecule has 0 radical (unpaired) electrons. The van der Waals surface area contributed by atoms with E-state index >= 15 is 0 Å². The number of anilines is 1. The van der Waals surface area contributed by atoms with Crippen molar-refractivity contribution in [3.05, 3.63) is 24.0 Å². The van der Waals surface area contributed by atoms with Gasteiger partial charge in [0.2, 0.25) is 0 Å². The van der Waals surface area contributed by atoms with Crippen molar-refractivity contribution < 1.29 is 14.3 Å². The normalized spacial score (nSPS) is 18.7. The molecule has 0 aliphatic carbocycles. The summed E-state index contributed by atoms with van der Waals surface area (Å²) in [6.45, 7) is 0.522. The zero-order valence-electron chi connectivity index (χ0n) is 10.1. The maximum Gasteiger partial charge on any atom is 0.328 e. The van der Waals surface area contributed by atoms with Crippen LogP contribution >= 0.6 is 0 Å². The number of rotatable bonds is 2. The highest BCUT2D eigenvalue weighted by Crippen LogP contribution is 2.22. The number of pyridine rings is 1. The van der Waals surface area contributed by atoms with Crippen LogP contribution in [0, 0.1) is 0 Å². The molecule has 0 saturated carbocycles. The van der Waals surface area contributed by atoms with Crippen LogP contribution in [0.5, 0.6) is 0 Å². The van der Waals surface area contributed by atoms with Crippen LogP contribution in [0.2, 0.25) is 0 Å². The van der Waals surface area contributed by atoms with Crippen molar-refractivity contribution in [3.63, 3.8) is 0 Å². The minimum atomic E-state index is -0.524. The first kappa shape index (κ1) is 12.3. The third-order valence-corrected chi connectivity index (χ3v) is 3.03. The van der Waals surface area contributed by atoms with Gasteiger partial charge in [-0.3, -0.25) is 4.79 Å². The Kier molecular flexibility index (Phi) is 3.45. The van der Waals surface area contributed by atoms with Gasteiger partial charge in [0, 0.05) is 12.7 Å². The first-order valence-corrected chi connectivity index (χ1v) is 5.74. The van der Waals surface area contributed by atoms with Crippen LogP contribution in [-0.4, -0.2) is 41.5 Å². The third kappa shape index (κ3) is 2.13. The monoisotopic (exact) mass is 249 g/mol. The van der Waals surface area contributed by atoms with E-state index < -0.39 is 12.0 Å². The van der Waals surface area contributed by atoms with Crippen molar-refractivity contribution in [1.29, 1.82) is 0 Å². The Labute approximate surface area is 105 Å². The topological polar surface area (TPSA) is 85.5 Å². The lowest BCUT2D eigenvalue weighted by atomic mass is 10.2. The van der Waals surface area contributed by atoms with Crippen LogP contribution in [0.25, 0.3) is 0 Å². The van der Waals surface area contributed by atoms with Gasteiger partial charge in [-0.05, 0) is 25.0 Å². The second-order valence-electron chi connectivity index (χ2n) is 4.12. The summed E-state index contributed by atoms with van der Waals surface area (Å²) in [4.78, 5) is 29.3. The zero-order chi connectivity index (χ0) is 13.1. The summed E-state index contributed by atoms with van der Waals surface area (Å²) in [7, 11) is 1.32. The number of amides is 1. The van der Waals surface area contributed by atoms with Crippen LogP contribution in [0.3, 0.4) is 0 Å². The molecule has 1 aromatic rings. The molecule has 1 aromatic heterocycles. The molecule has 1 aliphatic rings. The fourth-order valence-corrected chi connectivity index (χ4v) is 2.12. The number of carbonyl (C=O) groups excluding carboxylic acids is 2. The zero-order valence-corrected chi connectivity index (χ0v) is 10.1. The van der Waals surface area contributed by atoms with Crippen LogP contribution in [0.15, 0.2) is 18.3 Å². The van der Waals surface area contributed by atoms with Crippen molar-refractivity contribution in [2.24, 2.45) is 0 Å². The Morgan fingerprint density at radius 2 is 2.33 bits per heavy atom. The number of nitrogens with zero attached hydrogens (tertiary/aromatic N) is 2. The molecule has 1 fully saturated rings. The van der Waals surface area contributed by atoms with E-state index in [1.165, 1.54) is 18.2 Å². The summed E-state index contributed by atoms with van der Waals surface area (Å²) in [6.07, 6.45) is 2.90. The number of carbonyl (C=O) groups is 2. The predicted molar refractivity (Wildman–Crippen MR) is 64.7 cm³/mol. The molecule has 0 aromatic carbocycles. The summed E-state index contributed by atoms with van der Waals surface area (Å²) in [6, 6.07) is 2.75. The van der Waals surface area contributed by atoms with Crippen molar-refractivity contribution in [3.8, 4) is 0 Å². The quantitative estimate of drug-likeness (QED) is 0.769. The fraction of sp³-hybridized carbons (Fsp3) is 0.417. The van der Waals surface area contributed by atoms with E-state index in [-0.39, 0.29) is 11.6 Å². The summed E-state index contributed by atoms with van der Waals surface area (Å²) >= 11 is 0. The molecule has 1 atom stereocenters. The Bertz CT molecular complexity index is 475. The van der Waals surface area contributed by atoms with Gasteiger partial charge in [0.1, 0.15) is 6.04 Å². The Hall–Kier alpha value is -2.11. The number of nitrogens with two attached hydrogens (primary N) is 1. The lowest BCUT2D eigenvalue weighted by Gasteiger charge is -2.22. The molecular formula is C12H15N3O3. The Morgan fingerprint density at radius 3 is 3.00 bits per heavy atom. The smallest absolute Gasteiger partial charge is 0.328 e. The predicted octanol–water partition coefficient (Wildman–Crippen LogP) is 0.441. The molecular weight excluding hydrogens is 234 g/mol.